The largest absolute Gasteiger partial charge is 1.00 e. The Morgan fingerprint density at radius 3 is 2.21 bits per heavy atom. The van der Waals surface area contributed by atoms with Crippen molar-refractivity contribution in [1.82, 2.24) is 0 Å². The molecule has 0 radical (unpaired) electrons. The van der Waals surface area contributed by atoms with E-state index in [1.165, 1.54) is 20.4 Å². The first-order chi connectivity index (χ1) is 11.3. The molecular weight excluding hydrogens is 679 g/mol. The highest BCUT2D eigenvalue weighted by Crippen LogP contribution is 2.32. The summed E-state index contributed by atoms with van der Waals surface area (Å²) < 4.78 is 7.40. The van der Waals surface area contributed by atoms with Gasteiger partial charge in [-0.1, -0.05) is 30.3 Å². The molecule has 0 N–H and O–H groups in total. The van der Waals surface area contributed by atoms with E-state index in [-0.39, 0.29) is 24.0 Å². The molecule has 0 unspecified atom stereocenters. The smallest absolute Gasteiger partial charge is 0.259 e. The van der Waals surface area contributed by atoms with Gasteiger partial charge in [-0.05, 0) is 41.6 Å². The fourth-order valence-electron chi connectivity index (χ4n) is 2.02. The minimum atomic E-state index is 0. The second-order valence-corrected chi connectivity index (χ2v) is 6.84. The maximum absolute atomic E-state index is 5.19. The summed E-state index contributed by atoms with van der Waals surface area (Å²) in [6.45, 7) is 0. The van der Waals surface area contributed by atoms with E-state index in [2.05, 4.69) is 90.7 Å². The van der Waals surface area contributed by atoms with E-state index in [1.807, 2.05) is 18.2 Å². The van der Waals surface area contributed by atoms with Gasteiger partial charge in [-0.15, -0.1) is 3.96 Å². The number of halogens is 3. The lowest BCUT2D eigenvalue weighted by Gasteiger charge is -2.00. The van der Waals surface area contributed by atoms with Crippen molar-refractivity contribution in [1.29, 1.82) is 0 Å². The van der Waals surface area contributed by atoms with Crippen molar-refractivity contribution in [2.24, 2.45) is 7.05 Å². The first kappa shape index (κ1) is 22.5. The maximum atomic E-state index is 5.19. The predicted molar refractivity (Wildman–Crippen MR) is 116 cm³/mol. The highest BCUT2D eigenvalue weighted by molar-refractivity contribution is 15.0. The summed E-state index contributed by atoms with van der Waals surface area (Å²) in [5, 5.41) is 1.24. The quantitative estimate of drug-likeness (QED) is 0.308. The average Bonchev–Trinajstić information content (AvgIpc) is 2.99. The summed E-state index contributed by atoms with van der Waals surface area (Å²) >= 11 is 7.77. The molecule has 1 aromatic heterocycles. The van der Waals surface area contributed by atoms with Crippen LogP contribution in [0.25, 0.3) is 10.4 Å². The Bertz CT molecular complexity index is 733. The molecule has 0 amide bonds. The van der Waals surface area contributed by atoms with Gasteiger partial charge in [0.05, 0.1) is 7.11 Å². The summed E-state index contributed by atoms with van der Waals surface area (Å²) in [6, 6.07) is 20.9. The van der Waals surface area contributed by atoms with Crippen molar-refractivity contribution in [3.05, 3.63) is 60.7 Å². The molecule has 0 saturated heterocycles. The zero-order valence-electron chi connectivity index (χ0n) is 13.1. The van der Waals surface area contributed by atoms with Gasteiger partial charge in [-0.3, -0.25) is 0 Å². The van der Waals surface area contributed by atoms with Gasteiger partial charge in [0.15, 0.2) is 7.05 Å². The molecular formula is C17H16I3NOS2. The number of hydrogen-bond acceptors (Lipinski definition) is 3. The molecule has 0 saturated carbocycles. The van der Waals surface area contributed by atoms with Crippen molar-refractivity contribution in [2.75, 3.05) is 7.11 Å². The Morgan fingerprint density at radius 1 is 1.00 bits per heavy atom. The SMILES string of the molecule is COc1ccc(Sc2cc(-c3ccccc3)s[n+]2C)cc1.II.[I-]. The molecule has 0 spiro atoms. The topological polar surface area (TPSA) is 13.1 Å². The average molecular weight is 695 g/mol. The van der Waals surface area contributed by atoms with E-state index in [9.17, 15) is 0 Å². The summed E-state index contributed by atoms with van der Waals surface area (Å²) in [6.07, 6.45) is 0. The second kappa shape index (κ2) is 11.9. The number of aromatic nitrogens is 1. The van der Waals surface area contributed by atoms with Crippen molar-refractivity contribution >= 4 is 60.5 Å². The van der Waals surface area contributed by atoms with Gasteiger partial charge in [-0.25, -0.2) is 0 Å². The van der Waals surface area contributed by atoms with Crippen molar-refractivity contribution in [2.45, 2.75) is 9.92 Å². The van der Waals surface area contributed by atoms with Crippen LogP contribution in [0.1, 0.15) is 0 Å². The maximum Gasteiger partial charge on any atom is 0.259 e. The summed E-state index contributed by atoms with van der Waals surface area (Å²) in [5.74, 6) is 0.888. The van der Waals surface area contributed by atoms with Gasteiger partial charge in [-0.2, -0.15) is 0 Å². The lowest BCUT2D eigenvalue weighted by Crippen LogP contribution is -3.00. The number of rotatable bonds is 4. The van der Waals surface area contributed by atoms with Gasteiger partial charge < -0.3 is 28.7 Å². The number of nitrogens with zero attached hydrogens (tertiary/aromatic N) is 1. The Kier molecular flexibility index (Phi) is 11.1. The number of aryl methyl sites for hydroxylation is 1. The first-order valence-corrected chi connectivity index (χ1v) is 14.7. The summed E-state index contributed by atoms with van der Waals surface area (Å²) in [5.41, 5.74) is 1.26. The van der Waals surface area contributed by atoms with Crippen LogP contribution in [0, 0.1) is 0 Å². The number of benzene rings is 2. The third-order valence-electron chi connectivity index (χ3n) is 3.14. The van der Waals surface area contributed by atoms with Gasteiger partial charge in [0.25, 0.3) is 5.03 Å². The monoisotopic (exact) mass is 695 g/mol. The fourth-order valence-corrected chi connectivity index (χ4v) is 3.98. The summed E-state index contributed by atoms with van der Waals surface area (Å²) in [4.78, 5) is 2.50. The van der Waals surface area contributed by atoms with E-state index in [1.54, 1.807) is 30.4 Å². The molecule has 0 aliphatic rings. The van der Waals surface area contributed by atoms with E-state index >= 15 is 0 Å². The Labute approximate surface area is 191 Å². The standard InChI is InChI=1S/C17H16NOS2.I2.HI/c1-18-17(20-15-10-8-14(19-2)9-11-15)12-16(21-18)13-6-4-3-5-7-13;1-2;/h3-12H,1-2H3;;1H/q+1;;/p-1. The lowest BCUT2D eigenvalue weighted by atomic mass is 10.2. The van der Waals surface area contributed by atoms with Crippen molar-refractivity contribution in [3.8, 4) is 16.2 Å². The lowest BCUT2D eigenvalue weighted by molar-refractivity contribution is -0.640. The molecule has 0 bridgehead atoms. The highest BCUT2D eigenvalue weighted by atomic mass is 128. The zero-order chi connectivity index (χ0) is 16.7. The molecule has 0 aliphatic heterocycles. The Hall–Kier alpha value is 0.410. The van der Waals surface area contributed by atoms with E-state index in [4.69, 9.17) is 4.74 Å². The van der Waals surface area contributed by atoms with E-state index in [0.29, 0.717) is 0 Å². The van der Waals surface area contributed by atoms with Crippen LogP contribution >= 0.6 is 60.5 Å². The molecule has 2 aromatic carbocycles. The van der Waals surface area contributed by atoms with Crippen LogP contribution < -0.4 is 32.7 Å². The number of hydrogen-bond donors (Lipinski definition) is 0. The molecule has 3 aromatic rings. The second-order valence-electron chi connectivity index (χ2n) is 4.58. The van der Waals surface area contributed by atoms with Gasteiger partial charge in [0, 0.05) is 48.2 Å². The van der Waals surface area contributed by atoms with Crippen LogP contribution in [-0.2, 0) is 7.05 Å². The van der Waals surface area contributed by atoms with Crippen LogP contribution in [0.2, 0.25) is 0 Å². The minimum Gasteiger partial charge on any atom is -1.00 e. The van der Waals surface area contributed by atoms with Gasteiger partial charge >= 0.3 is 0 Å². The molecule has 0 aliphatic carbocycles. The van der Waals surface area contributed by atoms with Crippen LogP contribution in [0.3, 0.4) is 0 Å². The van der Waals surface area contributed by atoms with Crippen molar-refractivity contribution < 1.29 is 32.7 Å². The Morgan fingerprint density at radius 2 is 1.62 bits per heavy atom. The van der Waals surface area contributed by atoms with Gasteiger partial charge in [0.2, 0.25) is 0 Å². The molecule has 0 atom stereocenters. The molecule has 1 heterocycles. The minimum absolute atomic E-state index is 0. The van der Waals surface area contributed by atoms with Gasteiger partial charge in [0.1, 0.15) is 22.2 Å². The van der Waals surface area contributed by atoms with E-state index in [0.717, 1.165) is 5.75 Å². The van der Waals surface area contributed by atoms with Crippen LogP contribution in [0.5, 0.6) is 5.75 Å². The molecule has 24 heavy (non-hydrogen) atoms. The number of ether oxygens (including phenoxy) is 1. The fraction of sp³-hybridized carbons (Fsp3) is 0.118. The van der Waals surface area contributed by atoms with E-state index < -0.39 is 0 Å². The molecule has 2 nitrogen and oxygen atoms in total. The normalized spacial score (nSPS) is 9.50. The first-order valence-electron chi connectivity index (χ1n) is 6.78. The Balaban J connectivity index is 0.000000925. The predicted octanol–water partition coefficient (Wildman–Crippen LogP) is 3.17. The summed E-state index contributed by atoms with van der Waals surface area (Å²) in [7, 11) is 3.79. The number of methoxy groups -OCH3 is 1. The zero-order valence-corrected chi connectivity index (χ0v) is 21.2. The molecule has 128 valence electrons. The molecule has 3 rings (SSSR count). The van der Waals surface area contributed by atoms with Crippen molar-refractivity contribution in [3.63, 3.8) is 0 Å². The van der Waals surface area contributed by atoms with Crippen LogP contribution in [-0.4, -0.2) is 7.11 Å². The van der Waals surface area contributed by atoms with Crippen LogP contribution in [0.4, 0.5) is 0 Å². The molecule has 7 heteroatoms. The molecule has 0 fully saturated rings. The highest BCUT2D eigenvalue weighted by Gasteiger charge is 2.16. The van der Waals surface area contributed by atoms with Crippen LogP contribution in [0.15, 0.2) is 70.6 Å². The third-order valence-corrected chi connectivity index (χ3v) is 5.39. The third kappa shape index (κ3) is 6.29.